The predicted molar refractivity (Wildman–Crippen MR) is 93.3 cm³/mol. The minimum absolute atomic E-state index is 0.135. The number of halogens is 3. The summed E-state index contributed by atoms with van der Waals surface area (Å²) in [4.78, 5) is 22.4. The highest BCUT2D eigenvalue weighted by atomic mass is 35.5. The number of ether oxygens (including phenoxy) is 1. The van der Waals surface area contributed by atoms with E-state index < -0.39 is 16.9 Å². The van der Waals surface area contributed by atoms with Gasteiger partial charge in [0.1, 0.15) is 5.75 Å². The van der Waals surface area contributed by atoms with Gasteiger partial charge in [-0.3, -0.25) is 14.9 Å². The van der Waals surface area contributed by atoms with Gasteiger partial charge in [0, 0.05) is 11.1 Å². The molecular weight excluding hydrogens is 379 g/mol. The van der Waals surface area contributed by atoms with Crippen LogP contribution in [0.1, 0.15) is 6.92 Å². The van der Waals surface area contributed by atoms with E-state index in [2.05, 4.69) is 5.32 Å². The fourth-order valence-electron chi connectivity index (χ4n) is 1.81. The molecule has 24 heavy (non-hydrogen) atoms. The van der Waals surface area contributed by atoms with E-state index in [9.17, 15) is 14.9 Å². The van der Waals surface area contributed by atoms with Crippen LogP contribution in [0.2, 0.25) is 15.1 Å². The molecule has 0 bridgehead atoms. The van der Waals surface area contributed by atoms with Crippen LogP contribution in [0.4, 0.5) is 11.4 Å². The summed E-state index contributed by atoms with van der Waals surface area (Å²) in [5.41, 5.74) is 0.0751. The maximum atomic E-state index is 12.2. The molecule has 0 aliphatic carbocycles. The Bertz CT molecular complexity index is 775. The van der Waals surface area contributed by atoms with Gasteiger partial charge < -0.3 is 10.1 Å². The summed E-state index contributed by atoms with van der Waals surface area (Å²) in [7, 11) is 0. The number of nitrogens with zero attached hydrogens (tertiary/aromatic N) is 1. The van der Waals surface area contributed by atoms with Gasteiger partial charge in [-0.1, -0.05) is 40.9 Å². The lowest BCUT2D eigenvalue weighted by molar-refractivity contribution is -0.384. The van der Waals surface area contributed by atoms with E-state index in [-0.39, 0.29) is 27.2 Å². The normalized spacial score (nSPS) is 11.7. The van der Waals surface area contributed by atoms with Crippen molar-refractivity contribution in [1.29, 1.82) is 0 Å². The molecule has 2 aromatic carbocycles. The standard InChI is InChI=1S/C15H11Cl3N2O4/c1-8(24-11-4-2-3-10(7-11)20(22)23)15(21)19-14-12(17)5-9(16)6-13(14)18/h2-8H,1H3,(H,19,21)/t8-/m0/s1. The topological polar surface area (TPSA) is 81.5 Å². The molecule has 0 aliphatic rings. The average Bonchev–Trinajstić information content (AvgIpc) is 2.50. The first kappa shape index (κ1) is 18.3. The third kappa shape index (κ3) is 4.50. The van der Waals surface area contributed by atoms with Crippen LogP contribution in [-0.2, 0) is 4.79 Å². The summed E-state index contributed by atoms with van der Waals surface area (Å²) >= 11 is 17.8. The van der Waals surface area contributed by atoms with Crippen molar-refractivity contribution in [2.24, 2.45) is 0 Å². The molecule has 1 atom stereocenters. The average molecular weight is 390 g/mol. The van der Waals surface area contributed by atoms with Crippen molar-refractivity contribution in [2.75, 3.05) is 5.32 Å². The van der Waals surface area contributed by atoms with Gasteiger partial charge in [-0.25, -0.2) is 0 Å². The van der Waals surface area contributed by atoms with Gasteiger partial charge >= 0.3 is 0 Å². The van der Waals surface area contributed by atoms with Crippen molar-refractivity contribution >= 4 is 52.1 Å². The van der Waals surface area contributed by atoms with Crippen molar-refractivity contribution in [3.63, 3.8) is 0 Å². The molecule has 0 fully saturated rings. The Morgan fingerprint density at radius 2 is 1.83 bits per heavy atom. The molecule has 1 N–H and O–H groups in total. The number of amides is 1. The summed E-state index contributed by atoms with van der Waals surface area (Å²) in [5, 5.41) is 14.0. The highest BCUT2D eigenvalue weighted by Gasteiger charge is 2.19. The minimum atomic E-state index is -0.935. The molecule has 0 saturated heterocycles. The molecule has 2 aromatic rings. The Labute approximate surface area is 152 Å². The van der Waals surface area contributed by atoms with Gasteiger partial charge in [0.05, 0.1) is 26.7 Å². The number of non-ortho nitro benzene ring substituents is 1. The summed E-state index contributed by atoms with van der Waals surface area (Å²) in [6, 6.07) is 8.41. The lowest BCUT2D eigenvalue weighted by Gasteiger charge is -2.16. The number of hydrogen-bond acceptors (Lipinski definition) is 4. The van der Waals surface area contributed by atoms with E-state index in [4.69, 9.17) is 39.5 Å². The SMILES string of the molecule is C[C@H](Oc1cccc([N+](=O)[O-])c1)C(=O)Nc1c(Cl)cc(Cl)cc1Cl. The molecule has 1 amide bonds. The smallest absolute Gasteiger partial charge is 0.273 e. The summed E-state index contributed by atoms with van der Waals surface area (Å²) in [6.45, 7) is 1.49. The second-order valence-corrected chi connectivity index (χ2v) is 6.00. The van der Waals surface area contributed by atoms with Crippen LogP contribution in [0, 0.1) is 10.1 Å². The number of nitrogens with one attached hydrogen (secondary N) is 1. The molecular formula is C15H11Cl3N2O4. The predicted octanol–water partition coefficient (Wildman–Crippen LogP) is 4.96. The van der Waals surface area contributed by atoms with Crippen LogP contribution in [0.25, 0.3) is 0 Å². The summed E-state index contributed by atoms with van der Waals surface area (Å²) < 4.78 is 5.41. The molecule has 9 heteroatoms. The number of carbonyl (C=O) groups is 1. The molecule has 0 unspecified atom stereocenters. The molecule has 0 aliphatic heterocycles. The highest BCUT2D eigenvalue weighted by molar-refractivity contribution is 6.42. The van der Waals surface area contributed by atoms with E-state index in [1.54, 1.807) is 0 Å². The Hall–Kier alpha value is -2.02. The molecule has 0 spiro atoms. The van der Waals surface area contributed by atoms with E-state index in [1.165, 1.54) is 43.3 Å². The van der Waals surface area contributed by atoms with Gasteiger partial charge in [-0.15, -0.1) is 0 Å². The number of hydrogen-bond donors (Lipinski definition) is 1. The fourth-order valence-corrected chi connectivity index (χ4v) is 2.73. The first-order valence-corrected chi connectivity index (χ1v) is 7.78. The minimum Gasteiger partial charge on any atom is -0.481 e. The van der Waals surface area contributed by atoms with E-state index >= 15 is 0 Å². The largest absolute Gasteiger partial charge is 0.481 e. The third-order valence-electron chi connectivity index (χ3n) is 2.97. The van der Waals surface area contributed by atoms with Crippen molar-refractivity contribution in [3.05, 3.63) is 61.6 Å². The van der Waals surface area contributed by atoms with Crippen molar-refractivity contribution in [3.8, 4) is 5.75 Å². The Kier molecular flexibility index (Phi) is 5.88. The quantitative estimate of drug-likeness (QED) is 0.579. The lowest BCUT2D eigenvalue weighted by atomic mass is 10.2. The van der Waals surface area contributed by atoms with Crippen LogP contribution in [-0.4, -0.2) is 16.9 Å². The van der Waals surface area contributed by atoms with Crippen LogP contribution < -0.4 is 10.1 Å². The maximum Gasteiger partial charge on any atom is 0.273 e. The van der Waals surface area contributed by atoms with Crippen LogP contribution in [0.5, 0.6) is 5.75 Å². The number of benzene rings is 2. The molecule has 0 saturated carbocycles. The number of anilines is 1. The van der Waals surface area contributed by atoms with E-state index in [0.717, 1.165) is 0 Å². The molecule has 126 valence electrons. The maximum absolute atomic E-state index is 12.2. The second kappa shape index (κ2) is 7.70. The van der Waals surface area contributed by atoms with Crippen molar-refractivity contribution in [2.45, 2.75) is 13.0 Å². The first-order valence-electron chi connectivity index (χ1n) is 6.64. The molecule has 0 aromatic heterocycles. The highest BCUT2D eigenvalue weighted by Crippen LogP contribution is 2.33. The summed E-state index contributed by atoms with van der Waals surface area (Å²) in [5.74, 6) is -0.326. The van der Waals surface area contributed by atoms with E-state index in [1.807, 2.05) is 0 Å². The van der Waals surface area contributed by atoms with Gasteiger partial charge in [-0.05, 0) is 25.1 Å². The molecule has 0 radical (unpaired) electrons. The van der Waals surface area contributed by atoms with Crippen molar-refractivity contribution < 1.29 is 14.5 Å². The number of carbonyl (C=O) groups excluding carboxylic acids is 1. The second-order valence-electron chi connectivity index (χ2n) is 4.75. The fraction of sp³-hybridized carbons (Fsp3) is 0.133. The molecule has 2 rings (SSSR count). The zero-order valence-electron chi connectivity index (χ0n) is 12.3. The third-order valence-corrected chi connectivity index (χ3v) is 3.78. The first-order chi connectivity index (χ1) is 11.3. The molecule has 0 heterocycles. The van der Waals surface area contributed by atoms with Crippen molar-refractivity contribution in [1.82, 2.24) is 0 Å². The lowest BCUT2D eigenvalue weighted by Crippen LogP contribution is -2.30. The Morgan fingerprint density at radius 1 is 1.21 bits per heavy atom. The summed E-state index contributed by atoms with van der Waals surface area (Å²) in [6.07, 6.45) is -0.935. The zero-order chi connectivity index (χ0) is 17.9. The van der Waals surface area contributed by atoms with Gasteiger partial charge in [-0.2, -0.15) is 0 Å². The van der Waals surface area contributed by atoms with Crippen LogP contribution >= 0.6 is 34.8 Å². The van der Waals surface area contributed by atoms with Crippen LogP contribution in [0.15, 0.2) is 36.4 Å². The van der Waals surface area contributed by atoms with Gasteiger partial charge in [0.2, 0.25) is 0 Å². The number of rotatable bonds is 5. The van der Waals surface area contributed by atoms with Gasteiger partial charge in [0.25, 0.3) is 11.6 Å². The van der Waals surface area contributed by atoms with Crippen LogP contribution in [0.3, 0.4) is 0 Å². The van der Waals surface area contributed by atoms with Gasteiger partial charge in [0.15, 0.2) is 6.10 Å². The Balaban J connectivity index is 2.10. The monoisotopic (exact) mass is 388 g/mol. The van der Waals surface area contributed by atoms with E-state index in [0.29, 0.717) is 5.02 Å². The molecule has 6 nitrogen and oxygen atoms in total. The Morgan fingerprint density at radius 3 is 2.42 bits per heavy atom. The number of nitro benzene ring substituents is 1. The zero-order valence-corrected chi connectivity index (χ0v) is 14.5. The number of nitro groups is 1.